The van der Waals surface area contributed by atoms with Crippen LogP contribution < -0.4 is 14.8 Å². The molecule has 0 bridgehead atoms. The Hall–Kier alpha value is -2.95. The second kappa shape index (κ2) is 6.44. The Labute approximate surface area is 133 Å². The highest BCUT2D eigenvalue weighted by Gasteiger charge is 2.14. The lowest BCUT2D eigenvalue weighted by molar-refractivity contribution is 0.0998. The van der Waals surface area contributed by atoms with E-state index in [2.05, 4.69) is 5.32 Å². The fraction of sp³-hybridized carbons (Fsp3) is 0.167. The normalized spacial score (nSPS) is 10.5. The van der Waals surface area contributed by atoms with E-state index in [4.69, 9.17) is 13.9 Å². The molecule has 118 valence electrons. The number of para-hydroxylation sites is 2. The third-order valence-corrected chi connectivity index (χ3v) is 3.38. The molecule has 0 saturated carbocycles. The Morgan fingerprint density at radius 1 is 1.17 bits per heavy atom. The van der Waals surface area contributed by atoms with E-state index in [0.29, 0.717) is 29.4 Å². The first kappa shape index (κ1) is 15.0. The lowest BCUT2D eigenvalue weighted by atomic mass is 10.2. The molecule has 0 aliphatic heterocycles. The minimum absolute atomic E-state index is 0.236. The SMILES string of the molecule is CCOc1ccccc1NC(=O)c1cc2cc(OC)ccc2o1. The number of ether oxygens (including phenoxy) is 2. The van der Waals surface area contributed by atoms with Crippen molar-refractivity contribution in [2.75, 3.05) is 19.0 Å². The number of amides is 1. The molecule has 0 unspecified atom stereocenters. The Bertz CT molecular complexity index is 838. The summed E-state index contributed by atoms with van der Waals surface area (Å²) < 4.78 is 16.3. The van der Waals surface area contributed by atoms with Crippen LogP contribution in [0.2, 0.25) is 0 Å². The van der Waals surface area contributed by atoms with E-state index in [1.807, 2.05) is 31.2 Å². The number of carbonyl (C=O) groups is 1. The van der Waals surface area contributed by atoms with Crippen LogP contribution in [0.25, 0.3) is 11.0 Å². The summed E-state index contributed by atoms with van der Waals surface area (Å²) in [6, 6.07) is 14.4. The van der Waals surface area contributed by atoms with Gasteiger partial charge in [-0.2, -0.15) is 0 Å². The molecule has 2 aromatic carbocycles. The number of rotatable bonds is 5. The fourth-order valence-corrected chi connectivity index (χ4v) is 2.30. The zero-order valence-corrected chi connectivity index (χ0v) is 13.0. The van der Waals surface area contributed by atoms with E-state index in [-0.39, 0.29) is 11.7 Å². The lowest BCUT2D eigenvalue weighted by Gasteiger charge is -2.10. The highest BCUT2D eigenvalue weighted by Crippen LogP contribution is 2.27. The summed E-state index contributed by atoms with van der Waals surface area (Å²) in [5.41, 5.74) is 1.24. The molecule has 3 rings (SSSR count). The van der Waals surface area contributed by atoms with Gasteiger partial charge in [-0.3, -0.25) is 4.79 Å². The maximum absolute atomic E-state index is 12.4. The molecule has 0 fully saturated rings. The topological polar surface area (TPSA) is 60.7 Å². The first-order valence-corrected chi connectivity index (χ1v) is 7.32. The van der Waals surface area contributed by atoms with Crippen LogP contribution in [0.4, 0.5) is 5.69 Å². The molecule has 23 heavy (non-hydrogen) atoms. The Balaban J connectivity index is 1.86. The summed E-state index contributed by atoms with van der Waals surface area (Å²) in [7, 11) is 1.60. The van der Waals surface area contributed by atoms with E-state index in [1.165, 1.54) is 0 Å². The quantitative estimate of drug-likeness (QED) is 0.771. The van der Waals surface area contributed by atoms with Gasteiger partial charge in [0.05, 0.1) is 19.4 Å². The van der Waals surface area contributed by atoms with Gasteiger partial charge in [-0.15, -0.1) is 0 Å². The molecule has 0 radical (unpaired) electrons. The molecule has 1 amide bonds. The van der Waals surface area contributed by atoms with Gasteiger partial charge in [0.15, 0.2) is 5.76 Å². The van der Waals surface area contributed by atoms with Crippen LogP contribution >= 0.6 is 0 Å². The minimum atomic E-state index is -0.327. The van der Waals surface area contributed by atoms with Crippen LogP contribution in [0.3, 0.4) is 0 Å². The number of carbonyl (C=O) groups excluding carboxylic acids is 1. The molecule has 5 heteroatoms. The lowest BCUT2D eigenvalue weighted by Crippen LogP contribution is -2.12. The van der Waals surface area contributed by atoms with Gasteiger partial charge in [-0.1, -0.05) is 12.1 Å². The zero-order chi connectivity index (χ0) is 16.2. The van der Waals surface area contributed by atoms with Gasteiger partial charge in [0.25, 0.3) is 5.91 Å². The molecule has 0 atom stereocenters. The van der Waals surface area contributed by atoms with E-state index in [9.17, 15) is 4.79 Å². The highest BCUT2D eigenvalue weighted by molar-refractivity contribution is 6.05. The van der Waals surface area contributed by atoms with Gasteiger partial charge in [-0.25, -0.2) is 0 Å². The number of anilines is 1. The molecule has 0 saturated heterocycles. The molecule has 1 N–H and O–H groups in total. The summed E-state index contributed by atoms with van der Waals surface area (Å²) in [4.78, 5) is 12.4. The van der Waals surface area contributed by atoms with Crippen molar-refractivity contribution in [3.8, 4) is 11.5 Å². The smallest absolute Gasteiger partial charge is 0.291 e. The molecule has 0 spiro atoms. The molecule has 1 aromatic heterocycles. The number of hydrogen-bond acceptors (Lipinski definition) is 4. The molecular formula is C18H17NO4. The van der Waals surface area contributed by atoms with Gasteiger partial charge < -0.3 is 19.2 Å². The molecule has 3 aromatic rings. The average molecular weight is 311 g/mol. The van der Waals surface area contributed by atoms with Gasteiger partial charge in [-0.05, 0) is 43.3 Å². The highest BCUT2D eigenvalue weighted by atomic mass is 16.5. The number of furan rings is 1. The number of fused-ring (bicyclic) bond motifs is 1. The molecule has 0 aliphatic rings. The van der Waals surface area contributed by atoms with Crippen LogP contribution in [0.15, 0.2) is 52.9 Å². The van der Waals surface area contributed by atoms with Crippen molar-refractivity contribution >= 4 is 22.6 Å². The summed E-state index contributed by atoms with van der Waals surface area (Å²) >= 11 is 0. The number of methoxy groups -OCH3 is 1. The van der Waals surface area contributed by atoms with Crippen LogP contribution in [-0.2, 0) is 0 Å². The maximum Gasteiger partial charge on any atom is 0.291 e. The fourth-order valence-electron chi connectivity index (χ4n) is 2.30. The van der Waals surface area contributed by atoms with Crippen molar-refractivity contribution in [3.63, 3.8) is 0 Å². The van der Waals surface area contributed by atoms with Gasteiger partial charge >= 0.3 is 0 Å². The van der Waals surface area contributed by atoms with E-state index in [1.54, 1.807) is 31.4 Å². The Morgan fingerprint density at radius 3 is 2.78 bits per heavy atom. The average Bonchev–Trinajstić information content (AvgIpc) is 3.00. The first-order valence-electron chi connectivity index (χ1n) is 7.32. The second-order valence-corrected chi connectivity index (χ2v) is 4.90. The van der Waals surface area contributed by atoms with Crippen LogP contribution in [0, 0.1) is 0 Å². The minimum Gasteiger partial charge on any atom is -0.497 e. The van der Waals surface area contributed by atoms with Crippen molar-refractivity contribution < 1.29 is 18.7 Å². The molecule has 0 aliphatic carbocycles. The van der Waals surface area contributed by atoms with Crippen LogP contribution in [0.5, 0.6) is 11.5 Å². The van der Waals surface area contributed by atoms with Gasteiger partial charge in [0.2, 0.25) is 0 Å². The Morgan fingerprint density at radius 2 is 2.00 bits per heavy atom. The summed E-state index contributed by atoms with van der Waals surface area (Å²) in [6.07, 6.45) is 0. The number of nitrogens with one attached hydrogen (secondary N) is 1. The molecular weight excluding hydrogens is 294 g/mol. The predicted octanol–water partition coefficient (Wildman–Crippen LogP) is 4.09. The van der Waals surface area contributed by atoms with Crippen molar-refractivity contribution in [2.45, 2.75) is 6.92 Å². The summed E-state index contributed by atoms with van der Waals surface area (Å²) in [6.45, 7) is 2.42. The van der Waals surface area contributed by atoms with Crippen molar-refractivity contribution in [3.05, 3.63) is 54.3 Å². The van der Waals surface area contributed by atoms with Gasteiger partial charge in [0, 0.05) is 5.39 Å². The van der Waals surface area contributed by atoms with Crippen LogP contribution in [-0.4, -0.2) is 19.6 Å². The standard InChI is InChI=1S/C18H17NO4/c1-3-22-16-7-5-4-6-14(16)19-18(20)17-11-12-10-13(21-2)8-9-15(12)23-17/h4-11H,3H2,1-2H3,(H,19,20). The van der Waals surface area contributed by atoms with E-state index >= 15 is 0 Å². The first-order chi connectivity index (χ1) is 11.2. The number of hydrogen-bond donors (Lipinski definition) is 1. The van der Waals surface area contributed by atoms with Crippen LogP contribution in [0.1, 0.15) is 17.5 Å². The zero-order valence-electron chi connectivity index (χ0n) is 13.0. The third kappa shape index (κ3) is 3.13. The summed E-state index contributed by atoms with van der Waals surface area (Å²) in [5, 5.41) is 3.62. The number of benzene rings is 2. The van der Waals surface area contributed by atoms with E-state index < -0.39 is 0 Å². The predicted molar refractivity (Wildman–Crippen MR) is 88.3 cm³/mol. The summed E-state index contributed by atoms with van der Waals surface area (Å²) in [5.74, 6) is 1.25. The monoisotopic (exact) mass is 311 g/mol. The Kier molecular flexibility index (Phi) is 4.19. The third-order valence-electron chi connectivity index (χ3n) is 3.38. The van der Waals surface area contributed by atoms with Crippen molar-refractivity contribution in [2.24, 2.45) is 0 Å². The molecule has 1 heterocycles. The van der Waals surface area contributed by atoms with E-state index in [0.717, 1.165) is 5.39 Å². The van der Waals surface area contributed by atoms with Gasteiger partial charge in [0.1, 0.15) is 17.1 Å². The van der Waals surface area contributed by atoms with Crippen molar-refractivity contribution in [1.29, 1.82) is 0 Å². The maximum atomic E-state index is 12.4. The van der Waals surface area contributed by atoms with Crippen molar-refractivity contribution in [1.82, 2.24) is 0 Å². The largest absolute Gasteiger partial charge is 0.497 e. The molecule has 5 nitrogen and oxygen atoms in total. The second-order valence-electron chi connectivity index (χ2n) is 4.90.